The molecule has 0 aliphatic carbocycles. The molecule has 6 N–H and O–H groups in total. The highest BCUT2D eigenvalue weighted by Gasteiger charge is 2.34. The van der Waals surface area contributed by atoms with Crippen LogP contribution in [0.2, 0.25) is 0 Å². The van der Waals surface area contributed by atoms with Crippen LogP contribution in [0, 0.1) is 5.92 Å². The lowest BCUT2D eigenvalue weighted by molar-refractivity contribution is -0.171. The lowest BCUT2D eigenvalue weighted by Crippen LogP contribution is -2.49. The standard InChI is InChI=1S/C40H47N5O16/c1-5-7-8-11-24(28(6-2)45(22-46)61-39(56)26-12-9-10-13-30(26)60-40(57)44(3)4)35(51)41-21-42-37(53)31-17-16-29(59-31)23-14-15-25(32(18-23)58-20-34(49)50)36(52)43-27(38(54)55)19-33(47)48/h9-10,12-18,22,24,27-28H,5-8,11,19-21H2,1-4H3,(H,41,51)(H,42,53)(H,43,52)(H,47,48)(H,49,50)(H,54,55)/t24?,27?,28-/m1/s1. The number of para-hydroxylation sites is 1. The number of aliphatic carboxylic acids is 3. The number of carboxylic acids is 3. The Morgan fingerprint density at radius 2 is 1.56 bits per heavy atom. The van der Waals surface area contributed by atoms with Crippen LogP contribution in [0.25, 0.3) is 11.3 Å². The quantitative estimate of drug-likeness (QED) is 0.0326. The lowest BCUT2D eigenvalue weighted by atomic mass is 9.90. The number of hydrogen-bond acceptors (Lipinski definition) is 13. The second-order valence-corrected chi connectivity index (χ2v) is 13.4. The Morgan fingerprint density at radius 3 is 2.18 bits per heavy atom. The van der Waals surface area contributed by atoms with Crippen molar-refractivity contribution in [3.63, 3.8) is 0 Å². The van der Waals surface area contributed by atoms with Crippen molar-refractivity contribution in [2.75, 3.05) is 27.4 Å². The largest absolute Gasteiger partial charge is 0.481 e. The summed E-state index contributed by atoms with van der Waals surface area (Å²) in [6.07, 6.45) is 1.20. The van der Waals surface area contributed by atoms with Crippen molar-refractivity contribution < 1.29 is 77.2 Å². The summed E-state index contributed by atoms with van der Waals surface area (Å²) < 4.78 is 16.2. The Bertz CT molecular complexity index is 2080. The number of carbonyl (C=O) groups excluding carboxylic acids is 6. The Hall–Kier alpha value is -7.45. The summed E-state index contributed by atoms with van der Waals surface area (Å²) in [6.45, 7) is 2.36. The van der Waals surface area contributed by atoms with E-state index in [4.69, 9.17) is 28.9 Å². The fourth-order valence-electron chi connectivity index (χ4n) is 5.75. The number of carboxylic acid groups (broad SMARTS) is 3. The third kappa shape index (κ3) is 14.1. The number of furan rings is 1. The maximum absolute atomic E-state index is 13.6. The molecule has 3 aromatic rings. The van der Waals surface area contributed by atoms with Crippen LogP contribution >= 0.6 is 0 Å². The second-order valence-electron chi connectivity index (χ2n) is 13.4. The Labute approximate surface area is 348 Å². The van der Waals surface area contributed by atoms with E-state index in [1.165, 1.54) is 62.6 Å². The van der Waals surface area contributed by atoms with Crippen LogP contribution in [-0.2, 0) is 28.8 Å². The second kappa shape index (κ2) is 23.2. The average Bonchev–Trinajstić information content (AvgIpc) is 3.72. The molecule has 5 amide bonds. The maximum atomic E-state index is 13.6. The van der Waals surface area contributed by atoms with E-state index >= 15 is 0 Å². The van der Waals surface area contributed by atoms with Gasteiger partial charge in [-0.2, -0.15) is 5.06 Å². The summed E-state index contributed by atoms with van der Waals surface area (Å²) >= 11 is 0. The van der Waals surface area contributed by atoms with Crippen LogP contribution < -0.4 is 25.4 Å². The van der Waals surface area contributed by atoms with Crippen molar-refractivity contribution >= 4 is 54.1 Å². The normalized spacial score (nSPS) is 12.1. The molecule has 21 heteroatoms. The Morgan fingerprint density at radius 1 is 0.836 bits per heavy atom. The number of nitrogens with zero attached hydrogens (tertiary/aromatic N) is 2. The SMILES string of the molecule is CCCCCC(C(=O)NCNC(=O)c1ccc(-c2ccc(C(=O)NC(CC(=O)O)C(=O)O)c(OCC(=O)O)c2)o1)[C@@H](CC)N(C=O)OC(=O)c1ccccc1OC(=O)N(C)C. The van der Waals surface area contributed by atoms with E-state index in [0.29, 0.717) is 6.42 Å². The van der Waals surface area contributed by atoms with Gasteiger partial charge in [-0.1, -0.05) is 51.3 Å². The molecule has 1 aromatic heterocycles. The smallest absolute Gasteiger partial charge is 0.414 e. The first-order valence-electron chi connectivity index (χ1n) is 18.8. The minimum Gasteiger partial charge on any atom is -0.481 e. The van der Waals surface area contributed by atoms with Gasteiger partial charge in [0.15, 0.2) is 12.4 Å². The first-order valence-corrected chi connectivity index (χ1v) is 18.8. The highest BCUT2D eigenvalue weighted by molar-refractivity contribution is 6.00. The molecule has 2 unspecified atom stereocenters. The predicted molar refractivity (Wildman–Crippen MR) is 210 cm³/mol. The van der Waals surface area contributed by atoms with E-state index in [9.17, 15) is 48.3 Å². The summed E-state index contributed by atoms with van der Waals surface area (Å²) in [5, 5.41) is 35.4. The van der Waals surface area contributed by atoms with Gasteiger partial charge in [0.05, 0.1) is 30.6 Å². The zero-order valence-electron chi connectivity index (χ0n) is 33.7. The van der Waals surface area contributed by atoms with Crippen LogP contribution in [0.15, 0.2) is 59.0 Å². The fourth-order valence-corrected chi connectivity index (χ4v) is 5.75. The first kappa shape index (κ1) is 47.9. The van der Waals surface area contributed by atoms with Gasteiger partial charge < -0.3 is 54.9 Å². The van der Waals surface area contributed by atoms with Crippen molar-refractivity contribution in [2.24, 2.45) is 5.92 Å². The predicted octanol–water partition coefficient (Wildman–Crippen LogP) is 3.14. The molecule has 0 radical (unpaired) electrons. The molecular formula is C40H47N5O16. The van der Waals surface area contributed by atoms with Gasteiger partial charge in [-0.3, -0.25) is 24.0 Å². The molecule has 2 aromatic carbocycles. The monoisotopic (exact) mass is 853 g/mol. The van der Waals surface area contributed by atoms with Crippen LogP contribution in [0.3, 0.4) is 0 Å². The van der Waals surface area contributed by atoms with E-state index in [-0.39, 0.29) is 59.0 Å². The third-order valence-corrected chi connectivity index (χ3v) is 8.81. The molecule has 3 rings (SSSR count). The average molecular weight is 854 g/mol. The number of ether oxygens (including phenoxy) is 2. The topological polar surface area (TPSA) is 298 Å². The van der Waals surface area contributed by atoms with Crippen molar-refractivity contribution in [3.8, 4) is 22.8 Å². The number of hydroxylamine groups is 2. The van der Waals surface area contributed by atoms with Gasteiger partial charge in [-0.25, -0.2) is 19.2 Å². The van der Waals surface area contributed by atoms with Crippen molar-refractivity contribution in [1.82, 2.24) is 25.9 Å². The molecule has 328 valence electrons. The maximum Gasteiger partial charge on any atom is 0.414 e. The summed E-state index contributed by atoms with van der Waals surface area (Å²) in [4.78, 5) is 118. The molecule has 0 bridgehead atoms. The summed E-state index contributed by atoms with van der Waals surface area (Å²) in [5.74, 6) is -9.43. The van der Waals surface area contributed by atoms with E-state index in [1.54, 1.807) is 6.92 Å². The molecule has 21 nitrogen and oxygen atoms in total. The van der Waals surface area contributed by atoms with Crippen molar-refractivity contribution in [1.29, 1.82) is 0 Å². The van der Waals surface area contributed by atoms with Crippen LogP contribution in [0.1, 0.15) is 83.6 Å². The third-order valence-electron chi connectivity index (χ3n) is 8.81. The number of benzene rings is 2. The molecule has 0 saturated heterocycles. The number of amides is 5. The number of nitrogens with one attached hydrogen (secondary N) is 3. The number of rotatable bonds is 24. The van der Waals surface area contributed by atoms with Gasteiger partial charge in [0.2, 0.25) is 12.3 Å². The highest BCUT2D eigenvalue weighted by atomic mass is 16.7. The van der Waals surface area contributed by atoms with Crippen LogP contribution in [0.5, 0.6) is 11.5 Å². The van der Waals surface area contributed by atoms with Gasteiger partial charge >= 0.3 is 30.0 Å². The van der Waals surface area contributed by atoms with Gasteiger partial charge in [0, 0.05) is 19.7 Å². The van der Waals surface area contributed by atoms with E-state index < -0.39 is 85.4 Å². The molecule has 0 aliphatic rings. The number of hydrogen-bond donors (Lipinski definition) is 6. The molecule has 0 aliphatic heterocycles. The van der Waals surface area contributed by atoms with Gasteiger partial charge in [-0.05, 0) is 49.2 Å². The van der Waals surface area contributed by atoms with Gasteiger partial charge in [0.1, 0.15) is 28.9 Å². The van der Waals surface area contributed by atoms with Crippen LogP contribution in [-0.4, -0.2) is 119 Å². The molecule has 1 heterocycles. The van der Waals surface area contributed by atoms with Crippen LogP contribution in [0.4, 0.5) is 4.79 Å². The molecular weight excluding hydrogens is 806 g/mol. The van der Waals surface area contributed by atoms with Gasteiger partial charge in [0.25, 0.3) is 11.8 Å². The minimum absolute atomic E-state index is 0.0550. The Kier molecular flexibility index (Phi) is 18.2. The first-order chi connectivity index (χ1) is 29.0. The van der Waals surface area contributed by atoms with E-state index in [1.807, 2.05) is 6.92 Å². The molecule has 0 fully saturated rings. The van der Waals surface area contributed by atoms with E-state index in [0.717, 1.165) is 28.9 Å². The zero-order valence-corrected chi connectivity index (χ0v) is 33.7. The minimum atomic E-state index is -1.80. The number of carbonyl (C=O) groups is 9. The highest BCUT2D eigenvalue weighted by Crippen LogP contribution is 2.30. The summed E-state index contributed by atoms with van der Waals surface area (Å²) in [5.41, 5.74) is -0.265. The van der Waals surface area contributed by atoms with Gasteiger partial charge in [-0.15, -0.1) is 0 Å². The summed E-state index contributed by atoms with van der Waals surface area (Å²) in [7, 11) is 2.91. The van der Waals surface area contributed by atoms with E-state index in [2.05, 4.69) is 16.0 Å². The lowest BCUT2D eigenvalue weighted by Gasteiger charge is -2.32. The summed E-state index contributed by atoms with van der Waals surface area (Å²) in [6, 6.07) is 9.40. The Balaban J connectivity index is 1.74. The van der Waals surface area contributed by atoms with Crippen molar-refractivity contribution in [2.45, 2.75) is 64.5 Å². The molecule has 0 saturated carbocycles. The molecule has 61 heavy (non-hydrogen) atoms. The molecule has 3 atom stereocenters. The molecule has 0 spiro atoms. The fraction of sp³-hybridized carbons (Fsp3) is 0.375. The zero-order chi connectivity index (χ0) is 45.2. The number of unbranched alkanes of at least 4 members (excludes halogenated alkanes) is 2. The van der Waals surface area contributed by atoms with Crippen molar-refractivity contribution in [3.05, 3.63) is 71.5 Å².